The van der Waals surface area contributed by atoms with Crippen molar-refractivity contribution in [2.24, 2.45) is 0 Å². The van der Waals surface area contributed by atoms with Crippen LogP contribution in [0.25, 0.3) is 0 Å². The number of carbonyl (C=O) groups is 1. The molecule has 0 radical (unpaired) electrons. The number of phenols is 1. The lowest BCUT2D eigenvalue weighted by Crippen LogP contribution is -2.12. The summed E-state index contributed by atoms with van der Waals surface area (Å²) in [6.07, 6.45) is 3.61. The first-order chi connectivity index (χ1) is 12.1. The summed E-state index contributed by atoms with van der Waals surface area (Å²) in [5.41, 5.74) is 2.06. The van der Waals surface area contributed by atoms with E-state index in [4.69, 9.17) is 0 Å². The number of aromatic hydroxyl groups is 1. The number of amides is 1. The third-order valence-corrected chi connectivity index (χ3v) is 5.02. The summed E-state index contributed by atoms with van der Waals surface area (Å²) in [4.78, 5) is 17.5. The minimum Gasteiger partial charge on any atom is -0.507 e. The van der Waals surface area contributed by atoms with Crippen LogP contribution < -0.4 is 5.32 Å². The first-order valence-electron chi connectivity index (χ1n) is 7.53. The average Bonchev–Trinajstić information content (AvgIpc) is 2.64. The van der Waals surface area contributed by atoms with Gasteiger partial charge in [-0.25, -0.2) is 0 Å². The SMILES string of the molecule is O=C(Nc1ccc(SCc2cccnc2)cc1)c1cc(Br)ccc1O. The van der Waals surface area contributed by atoms with Crippen molar-refractivity contribution in [2.75, 3.05) is 5.32 Å². The zero-order valence-corrected chi connectivity index (χ0v) is 15.5. The van der Waals surface area contributed by atoms with Gasteiger partial charge in [0.1, 0.15) is 5.75 Å². The molecule has 0 atom stereocenters. The van der Waals surface area contributed by atoms with Crippen molar-refractivity contribution in [1.29, 1.82) is 0 Å². The Morgan fingerprint density at radius 2 is 1.96 bits per heavy atom. The lowest BCUT2D eigenvalue weighted by atomic mass is 10.2. The van der Waals surface area contributed by atoms with Crippen LogP contribution in [0.15, 0.2) is 76.4 Å². The second-order valence-corrected chi connectivity index (χ2v) is 7.25. The third-order valence-electron chi connectivity index (χ3n) is 3.44. The summed E-state index contributed by atoms with van der Waals surface area (Å²) in [7, 11) is 0. The molecule has 0 saturated heterocycles. The molecule has 0 aliphatic rings. The maximum Gasteiger partial charge on any atom is 0.259 e. The lowest BCUT2D eigenvalue weighted by molar-refractivity contribution is 0.102. The molecule has 0 aliphatic carbocycles. The van der Waals surface area contributed by atoms with Gasteiger partial charge in [0, 0.05) is 33.2 Å². The summed E-state index contributed by atoms with van der Waals surface area (Å²) in [6, 6.07) is 16.3. The first kappa shape index (κ1) is 17.5. The zero-order valence-electron chi connectivity index (χ0n) is 13.1. The number of hydrogen-bond acceptors (Lipinski definition) is 4. The maximum atomic E-state index is 12.3. The summed E-state index contributed by atoms with van der Waals surface area (Å²) < 4.78 is 0.734. The molecule has 0 spiro atoms. The van der Waals surface area contributed by atoms with Crippen molar-refractivity contribution in [2.45, 2.75) is 10.6 Å². The Morgan fingerprint density at radius 1 is 1.16 bits per heavy atom. The van der Waals surface area contributed by atoms with Gasteiger partial charge in [0.05, 0.1) is 5.56 Å². The Labute approximate surface area is 158 Å². The number of hydrogen-bond donors (Lipinski definition) is 2. The Hall–Kier alpha value is -2.31. The minimum absolute atomic E-state index is 0.0515. The van der Waals surface area contributed by atoms with E-state index >= 15 is 0 Å². The van der Waals surface area contributed by atoms with Gasteiger partial charge in [-0.15, -0.1) is 11.8 Å². The van der Waals surface area contributed by atoms with Gasteiger partial charge in [-0.05, 0) is 54.1 Å². The maximum absolute atomic E-state index is 12.3. The molecule has 1 amide bonds. The standard InChI is InChI=1S/C19H15BrN2O2S/c20-14-3-8-18(23)17(10-14)19(24)22-15-4-6-16(7-5-15)25-12-13-2-1-9-21-11-13/h1-11,23H,12H2,(H,22,24). The largest absolute Gasteiger partial charge is 0.507 e. The molecule has 6 heteroatoms. The minimum atomic E-state index is -0.352. The second-order valence-electron chi connectivity index (χ2n) is 5.29. The highest BCUT2D eigenvalue weighted by Crippen LogP contribution is 2.26. The zero-order chi connectivity index (χ0) is 17.6. The van der Waals surface area contributed by atoms with Crippen LogP contribution in [0.1, 0.15) is 15.9 Å². The van der Waals surface area contributed by atoms with Gasteiger partial charge in [0.15, 0.2) is 0 Å². The van der Waals surface area contributed by atoms with Crippen molar-refractivity contribution < 1.29 is 9.90 Å². The normalized spacial score (nSPS) is 10.4. The van der Waals surface area contributed by atoms with Crippen LogP contribution in [0, 0.1) is 0 Å². The highest BCUT2D eigenvalue weighted by Gasteiger charge is 2.12. The number of nitrogens with zero attached hydrogens (tertiary/aromatic N) is 1. The number of aromatic nitrogens is 1. The Bertz CT molecular complexity index is 870. The molecular formula is C19H15BrN2O2S. The first-order valence-corrected chi connectivity index (χ1v) is 9.31. The quantitative estimate of drug-likeness (QED) is 0.570. The fourth-order valence-electron chi connectivity index (χ4n) is 2.17. The molecule has 0 unspecified atom stereocenters. The van der Waals surface area contributed by atoms with Crippen LogP contribution >= 0.6 is 27.7 Å². The second kappa shape index (κ2) is 8.18. The smallest absolute Gasteiger partial charge is 0.259 e. The third kappa shape index (κ3) is 4.84. The van der Waals surface area contributed by atoms with Crippen molar-refractivity contribution in [3.05, 3.63) is 82.6 Å². The number of rotatable bonds is 5. The molecule has 0 aliphatic heterocycles. The Morgan fingerprint density at radius 3 is 2.68 bits per heavy atom. The van der Waals surface area contributed by atoms with Gasteiger partial charge in [0.2, 0.25) is 0 Å². The number of anilines is 1. The van der Waals surface area contributed by atoms with Crippen LogP contribution in [-0.4, -0.2) is 16.0 Å². The van der Waals surface area contributed by atoms with E-state index in [9.17, 15) is 9.90 Å². The van der Waals surface area contributed by atoms with E-state index in [0.717, 1.165) is 20.7 Å². The molecule has 0 fully saturated rings. The monoisotopic (exact) mass is 414 g/mol. The summed E-state index contributed by atoms with van der Waals surface area (Å²) in [5, 5.41) is 12.6. The van der Waals surface area contributed by atoms with Gasteiger partial charge >= 0.3 is 0 Å². The fourth-order valence-corrected chi connectivity index (χ4v) is 3.37. The molecule has 0 saturated carbocycles. The van der Waals surface area contributed by atoms with Crippen molar-refractivity contribution in [3.63, 3.8) is 0 Å². The van der Waals surface area contributed by atoms with Gasteiger partial charge in [-0.2, -0.15) is 0 Å². The Balaban J connectivity index is 1.62. The van der Waals surface area contributed by atoms with E-state index in [1.165, 1.54) is 6.07 Å². The van der Waals surface area contributed by atoms with E-state index in [-0.39, 0.29) is 17.2 Å². The lowest BCUT2D eigenvalue weighted by Gasteiger charge is -2.08. The van der Waals surface area contributed by atoms with E-state index in [2.05, 4.69) is 26.2 Å². The number of pyridine rings is 1. The van der Waals surface area contributed by atoms with E-state index in [0.29, 0.717) is 5.69 Å². The van der Waals surface area contributed by atoms with Gasteiger partial charge in [0.25, 0.3) is 5.91 Å². The molecule has 2 N–H and O–H groups in total. The van der Waals surface area contributed by atoms with E-state index in [1.54, 1.807) is 30.1 Å². The van der Waals surface area contributed by atoms with Crippen LogP contribution in [0.5, 0.6) is 5.75 Å². The molecule has 25 heavy (non-hydrogen) atoms. The van der Waals surface area contributed by atoms with E-state index < -0.39 is 0 Å². The number of halogens is 1. The van der Waals surface area contributed by atoms with Crippen LogP contribution in [-0.2, 0) is 5.75 Å². The number of phenolic OH excluding ortho intramolecular Hbond substituents is 1. The summed E-state index contributed by atoms with van der Waals surface area (Å²) in [5.74, 6) is 0.435. The molecule has 4 nitrogen and oxygen atoms in total. The van der Waals surface area contributed by atoms with Crippen LogP contribution in [0.3, 0.4) is 0 Å². The molecule has 3 rings (SSSR count). The predicted octanol–water partition coefficient (Wildman–Crippen LogP) is 5.09. The number of carbonyl (C=O) groups excluding carboxylic acids is 1. The molecule has 1 heterocycles. The summed E-state index contributed by atoms with van der Waals surface area (Å²) >= 11 is 5.00. The average molecular weight is 415 g/mol. The van der Waals surface area contributed by atoms with Crippen molar-refractivity contribution >= 4 is 39.3 Å². The highest BCUT2D eigenvalue weighted by atomic mass is 79.9. The van der Waals surface area contributed by atoms with Crippen molar-refractivity contribution in [1.82, 2.24) is 4.98 Å². The molecule has 1 aromatic heterocycles. The van der Waals surface area contributed by atoms with Gasteiger partial charge < -0.3 is 10.4 Å². The molecule has 0 bridgehead atoms. The number of nitrogens with one attached hydrogen (secondary N) is 1. The molecule has 126 valence electrons. The van der Waals surface area contributed by atoms with Crippen molar-refractivity contribution in [3.8, 4) is 5.75 Å². The van der Waals surface area contributed by atoms with Gasteiger partial charge in [-0.1, -0.05) is 22.0 Å². The van der Waals surface area contributed by atoms with Crippen LogP contribution in [0.2, 0.25) is 0 Å². The highest BCUT2D eigenvalue weighted by molar-refractivity contribution is 9.10. The van der Waals surface area contributed by atoms with Gasteiger partial charge in [-0.3, -0.25) is 9.78 Å². The number of thioether (sulfide) groups is 1. The van der Waals surface area contributed by atoms with Crippen LogP contribution in [0.4, 0.5) is 5.69 Å². The molecular weight excluding hydrogens is 400 g/mol. The number of benzene rings is 2. The Kier molecular flexibility index (Phi) is 5.73. The predicted molar refractivity (Wildman–Crippen MR) is 104 cm³/mol. The molecule has 3 aromatic rings. The molecule has 2 aromatic carbocycles. The summed E-state index contributed by atoms with van der Waals surface area (Å²) in [6.45, 7) is 0. The fraction of sp³-hybridized carbons (Fsp3) is 0.0526. The van der Waals surface area contributed by atoms with E-state index in [1.807, 2.05) is 42.6 Å². The topological polar surface area (TPSA) is 62.2 Å².